The van der Waals surface area contributed by atoms with Crippen LogP contribution >= 0.6 is 0 Å². The molecule has 0 atom stereocenters. The standard InChI is InChI=1S/C15H19NO2/c1-11-8-12(4-5-13(11)14(17)18)16-9-15(10-16)6-2-3-7-15/h4-5,8H,2-3,6-7,9-10H2,1H3,(H,17,18). The second-order valence-corrected chi connectivity index (χ2v) is 5.87. The predicted molar refractivity (Wildman–Crippen MR) is 71.3 cm³/mol. The number of aryl methyl sites for hydroxylation is 1. The van der Waals surface area contributed by atoms with Crippen LogP contribution in [0.5, 0.6) is 0 Å². The van der Waals surface area contributed by atoms with E-state index >= 15 is 0 Å². The van der Waals surface area contributed by atoms with Crippen molar-refractivity contribution in [1.82, 2.24) is 0 Å². The first-order valence-corrected chi connectivity index (χ1v) is 6.69. The largest absolute Gasteiger partial charge is 0.478 e. The molecule has 2 aliphatic rings. The number of aromatic carboxylic acids is 1. The minimum atomic E-state index is -0.838. The van der Waals surface area contributed by atoms with Crippen molar-refractivity contribution in [3.8, 4) is 0 Å². The maximum absolute atomic E-state index is 11.0. The SMILES string of the molecule is Cc1cc(N2CC3(CCCC3)C2)ccc1C(=O)O. The normalized spacial score (nSPS) is 21.1. The van der Waals surface area contributed by atoms with E-state index in [0.29, 0.717) is 11.0 Å². The molecule has 0 unspecified atom stereocenters. The minimum Gasteiger partial charge on any atom is -0.478 e. The molecule has 1 spiro atoms. The molecule has 3 nitrogen and oxygen atoms in total. The van der Waals surface area contributed by atoms with Crippen LogP contribution in [0.15, 0.2) is 18.2 Å². The molecule has 1 aliphatic heterocycles. The maximum atomic E-state index is 11.0. The highest BCUT2D eigenvalue weighted by Crippen LogP contribution is 2.46. The summed E-state index contributed by atoms with van der Waals surface area (Å²) in [6, 6.07) is 5.68. The second-order valence-electron chi connectivity index (χ2n) is 5.87. The zero-order valence-corrected chi connectivity index (χ0v) is 10.8. The summed E-state index contributed by atoms with van der Waals surface area (Å²) in [4.78, 5) is 13.4. The van der Waals surface area contributed by atoms with E-state index < -0.39 is 5.97 Å². The molecule has 0 amide bonds. The van der Waals surface area contributed by atoms with Crippen molar-refractivity contribution in [3.63, 3.8) is 0 Å². The molecule has 1 saturated heterocycles. The van der Waals surface area contributed by atoms with Crippen molar-refractivity contribution in [1.29, 1.82) is 0 Å². The van der Waals surface area contributed by atoms with E-state index in [4.69, 9.17) is 5.11 Å². The second kappa shape index (κ2) is 4.01. The summed E-state index contributed by atoms with van der Waals surface area (Å²) in [5.41, 5.74) is 3.02. The van der Waals surface area contributed by atoms with Crippen LogP contribution in [-0.2, 0) is 0 Å². The van der Waals surface area contributed by atoms with Gasteiger partial charge in [0.2, 0.25) is 0 Å². The average molecular weight is 245 g/mol. The van der Waals surface area contributed by atoms with E-state index in [0.717, 1.165) is 18.7 Å². The molecular formula is C15H19NO2. The Morgan fingerprint density at radius 1 is 1.28 bits per heavy atom. The summed E-state index contributed by atoms with van der Waals surface area (Å²) in [7, 11) is 0. The molecule has 96 valence electrons. The molecule has 1 aromatic carbocycles. The first kappa shape index (κ1) is 11.6. The van der Waals surface area contributed by atoms with E-state index in [1.54, 1.807) is 6.07 Å². The van der Waals surface area contributed by atoms with Gasteiger partial charge in [0.25, 0.3) is 0 Å². The Balaban J connectivity index is 1.75. The van der Waals surface area contributed by atoms with Gasteiger partial charge in [0, 0.05) is 24.2 Å². The number of carboxylic acid groups (broad SMARTS) is 1. The van der Waals surface area contributed by atoms with Gasteiger partial charge >= 0.3 is 5.97 Å². The fourth-order valence-electron chi connectivity index (χ4n) is 3.47. The highest BCUT2D eigenvalue weighted by atomic mass is 16.4. The van der Waals surface area contributed by atoms with Crippen molar-refractivity contribution < 1.29 is 9.90 Å². The number of hydrogen-bond donors (Lipinski definition) is 1. The smallest absolute Gasteiger partial charge is 0.335 e. The number of rotatable bonds is 2. The van der Waals surface area contributed by atoms with Gasteiger partial charge in [-0.1, -0.05) is 12.8 Å². The summed E-state index contributed by atoms with van der Waals surface area (Å²) < 4.78 is 0. The molecule has 0 bridgehead atoms. The fourth-order valence-corrected chi connectivity index (χ4v) is 3.47. The lowest BCUT2D eigenvalue weighted by Crippen LogP contribution is -2.55. The highest BCUT2D eigenvalue weighted by Gasteiger charge is 2.44. The van der Waals surface area contributed by atoms with Crippen LogP contribution in [-0.4, -0.2) is 24.2 Å². The monoisotopic (exact) mass is 245 g/mol. The number of anilines is 1. The lowest BCUT2D eigenvalue weighted by molar-refractivity contribution is 0.0696. The number of benzene rings is 1. The van der Waals surface area contributed by atoms with Crippen LogP contribution < -0.4 is 4.90 Å². The number of hydrogen-bond acceptors (Lipinski definition) is 2. The van der Waals surface area contributed by atoms with Crippen molar-refractivity contribution in [2.45, 2.75) is 32.6 Å². The van der Waals surface area contributed by atoms with Gasteiger partial charge in [0.05, 0.1) is 5.56 Å². The molecule has 1 aliphatic carbocycles. The van der Waals surface area contributed by atoms with Gasteiger partial charge in [-0.05, 0) is 43.5 Å². The number of nitrogens with zero attached hydrogens (tertiary/aromatic N) is 1. The van der Waals surface area contributed by atoms with Crippen molar-refractivity contribution in [3.05, 3.63) is 29.3 Å². The van der Waals surface area contributed by atoms with Crippen LogP contribution in [0, 0.1) is 12.3 Å². The lowest BCUT2D eigenvalue weighted by atomic mass is 9.78. The quantitative estimate of drug-likeness (QED) is 0.870. The minimum absolute atomic E-state index is 0.412. The van der Waals surface area contributed by atoms with E-state index in [1.165, 1.54) is 31.4 Å². The molecule has 0 aromatic heterocycles. The number of carbonyl (C=O) groups is 1. The van der Waals surface area contributed by atoms with Crippen LogP contribution in [0.4, 0.5) is 5.69 Å². The van der Waals surface area contributed by atoms with Gasteiger partial charge in [-0.3, -0.25) is 0 Å². The molecule has 18 heavy (non-hydrogen) atoms. The molecular weight excluding hydrogens is 226 g/mol. The van der Waals surface area contributed by atoms with Crippen LogP contribution in [0.3, 0.4) is 0 Å². The van der Waals surface area contributed by atoms with Gasteiger partial charge in [-0.15, -0.1) is 0 Å². The molecule has 1 N–H and O–H groups in total. The topological polar surface area (TPSA) is 40.5 Å². The summed E-state index contributed by atoms with van der Waals surface area (Å²) in [5.74, 6) is -0.838. The summed E-state index contributed by atoms with van der Waals surface area (Å²) in [5, 5.41) is 9.02. The Labute approximate surface area is 107 Å². The van der Waals surface area contributed by atoms with Gasteiger partial charge in [0.15, 0.2) is 0 Å². The highest BCUT2D eigenvalue weighted by molar-refractivity contribution is 5.90. The van der Waals surface area contributed by atoms with Gasteiger partial charge in [0.1, 0.15) is 0 Å². The maximum Gasteiger partial charge on any atom is 0.335 e. The lowest BCUT2D eigenvalue weighted by Gasteiger charge is -2.50. The van der Waals surface area contributed by atoms with E-state index in [2.05, 4.69) is 4.90 Å². The van der Waals surface area contributed by atoms with Crippen molar-refractivity contribution in [2.24, 2.45) is 5.41 Å². The average Bonchev–Trinajstić information content (AvgIpc) is 2.75. The summed E-state index contributed by atoms with van der Waals surface area (Å²) in [6.07, 6.45) is 5.50. The summed E-state index contributed by atoms with van der Waals surface area (Å²) >= 11 is 0. The Kier molecular flexibility index (Phi) is 2.58. The zero-order chi connectivity index (χ0) is 12.8. The molecule has 2 fully saturated rings. The Hall–Kier alpha value is -1.51. The van der Waals surface area contributed by atoms with E-state index in [9.17, 15) is 4.79 Å². The van der Waals surface area contributed by atoms with E-state index in [-0.39, 0.29) is 0 Å². The Bertz CT molecular complexity index is 481. The first-order chi connectivity index (χ1) is 8.60. The van der Waals surface area contributed by atoms with Gasteiger partial charge in [-0.2, -0.15) is 0 Å². The molecule has 0 radical (unpaired) electrons. The molecule has 3 rings (SSSR count). The molecule has 3 heteroatoms. The van der Waals surface area contributed by atoms with Crippen molar-refractivity contribution in [2.75, 3.05) is 18.0 Å². The molecule has 1 aromatic rings. The van der Waals surface area contributed by atoms with Crippen LogP contribution in [0.2, 0.25) is 0 Å². The van der Waals surface area contributed by atoms with E-state index in [1.807, 2.05) is 19.1 Å². The Morgan fingerprint density at radius 3 is 2.50 bits per heavy atom. The van der Waals surface area contributed by atoms with Crippen molar-refractivity contribution >= 4 is 11.7 Å². The Morgan fingerprint density at radius 2 is 1.94 bits per heavy atom. The molecule has 1 heterocycles. The predicted octanol–water partition coefficient (Wildman–Crippen LogP) is 3.07. The first-order valence-electron chi connectivity index (χ1n) is 6.69. The van der Waals surface area contributed by atoms with Gasteiger partial charge < -0.3 is 10.0 Å². The van der Waals surface area contributed by atoms with Gasteiger partial charge in [-0.25, -0.2) is 4.79 Å². The van der Waals surface area contributed by atoms with Crippen LogP contribution in [0.25, 0.3) is 0 Å². The number of carboxylic acids is 1. The fraction of sp³-hybridized carbons (Fsp3) is 0.533. The molecule has 1 saturated carbocycles. The zero-order valence-electron chi connectivity index (χ0n) is 10.8. The van der Waals surface area contributed by atoms with Crippen LogP contribution in [0.1, 0.15) is 41.6 Å². The summed E-state index contributed by atoms with van der Waals surface area (Å²) in [6.45, 7) is 4.18. The third-order valence-electron chi connectivity index (χ3n) is 4.52. The third kappa shape index (κ3) is 1.78. The third-order valence-corrected chi connectivity index (χ3v) is 4.52.